The van der Waals surface area contributed by atoms with Gasteiger partial charge in [0.05, 0.1) is 18.2 Å². The molecule has 0 bridgehead atoms. The van der Waals surface area contributed by atoms with E-state index in [-0.39, 0.29) is 17.9 Å². The highest BCUT2D eigenvalue weighted by molar-refractivity contribution is 5.80. The number of nitrogens with one attached hydrogen (secondary N) is 1. The van der Waals surface area contributed by atoms with Gasteiger partial charge in [0.25, 0.3) is 0 Å². The van der Waals surface area contributed by atoms with Crippen LogP contribution in [-0.4, -0.2) is 63.3 Å². The molecule has 134 valence electrons. The van der Waals surface area contributed by atoms with Crippen molar-refractivity contribution >= 4 is 11.9 Å². The molecular weight excluding hydrogens is 320 g/mol. The highest BCUT2D eigenvalue weighted by atomic mass is 16.5. The minimum absolute atomic E-state index is 0.119. The maximum absolute atomic E-state index is 13.1. The highest BCUT2D eigenvalue weighted by Crippen LogP contribution is 2.34. The minimum Gasteiger partial charge on any atom is -0.373 e. The molecular formula is C17H24N6O2. The second-order valence-corrected chi connectivity index (χ2v) is 6.72. The molecule has 0 aliphatic carbocycles. The van der Waals surface area contributed by atoms with Crippen LogP contribution >= 0.6 is 0 Å². The van der Waals surface area contributed by atoms with Crippen molar-refractivity contribution in [3.8, 4) is 0 Å². The first-order valence-electron chi connectivity index (χ1n) is 8.85. The van der Waals surface area contributed by atoms with E-state index in [1.54, 1.807) is 6.20 Å². The lowest BCUT2D eigenvalue weighted by Gasteiger charge is -2.39. The van der Waals surface area contributed by atoms with Crippen molar-refractivity contribution in [1.29, 1.82) is 0 Å². The number of hydrogen-bond acceptors (Lipinski definition) is 5. The number of rotatable bonds is 3. The van der Waals surface area contributed by atoms with E-state index in [1.807, 2.05) is 35.1 Å². The second kappa shape index (κ2) is 6.87. The van der Waals surface area contributed by atoms with E-state index in [4.69, 9.17) is 4.74 Å². The number of nitrogens with zero attached hydrogens (tertiary/aromatic N) is 5. The molecule has 8 heteroatoms. The first kappa shape index (κ1) is 16.1. The van der Waals surface area contributed by atoms with Gasteiger partial charge in [0, 0.05) is 64.0 Å². The summed E-state index contributed by atoms with van der Waals surface area (Å²) in [6.07, 6.45) is 8.95. The Labute approximate surface area is 146 Å². The first-order chi connectivity index (χ1) is 12.2. The molecule has 0 saturated carbocycles. The molecule has 2 atom stereocenters. The second-order valence-electron chi connectivity index (χ2n) is 6.72. The van der Waals surface area contributed by atoms with E-state index in [9.17, 15) is 4.79 Å². The number of H-pyrrole nitrogens is 1. The molecule has 1 N–H and O–H groups in total. The summed E-state index contributed by atoms with van der Waals surface area (Å²) in [5.41, 5.74) is 0.963. The van der Waals surface area contributed by atoms with E-state index >= 15 is 0 Å². The Hall–Kier alpha value is -2.35. The van der Waals surface area contributed by atoms with E-state index < -0.39 is 0 Å². The molecule has 4 rings (SSSR count). The van der Waals surface area contributed by atoms with Crippen molar-refractivity contribution in [3.05, 3.63) is 30.4 Å². The topological polar surface area (TPSA) is 79.3 Å². The van der Waals surface area contributed by atoms with Crippen LogP contribution in [0.3, 0.4) is 0 Å². The first-order valence-corrected chi connectivity index (χ1v) is 8.85. The van der Waals surface area contributed by atoms with Crippen molar-refractivity contribution < 1.29 is 9.53 Å². The smallest absolute Gasteiger partial charge is 0.228 e. The number of carbonyl (C=O) groups is 1. The third-order valence-electron chi connectivity index (χ3n) is 5.16. The number of amides is 1. The summed E-state index contributed by atoms with van der Waals surface area (Å²) >= 11 is 0. The maximum Gasteiger partial charge on any atom is 0.228 e. The lowest BCUT2D eigenvalue weighted by Crippen LogP contribution is -2.52. The number of carbonyl (C=O) groups excluding carboxylic acids is 1. The number of hydrogen-bond donors (Lipinski definition) is 1. The van der Waals surface area contributed by atoms with Crippen LogP contribution in [0.2, 0.25) is 0 Å². The van der Waals surface area contributed by atoms with Gasteiger partial charge in [-0.15, -0.1) is 0 Å². The summed E-state index contributed by atoms with van der Waals surface area (Å²) < 4.78 is 7.93. The van der Waals surface area contributed by atoms with Crippen LogP contribution in [0.15, 0.2) is 24.8 Å². The molecule has 2 aromatic heterocycles. The summed E-state index contributed by atoms with van der Waals surface area (Å²) in [6, 6.07) is 0. The van der Waals surface area contributed by atoms with Crippen LogP contribution in [0.1, 0.15) is 24.5 Å². The Morgan fingerprint density at radius 2 is 2.16 bits per heavy atom. The monoisotopic (exact) mass is 344 g/mol. The fraction of sp³-hybridized carbons (Fsp3) is 0.588. The average molecular weight is 344 g/mol. The molecule has 2 aliphatic heterocycles. The lowest BCUT2D eigenvalue weighted by atomic mass is 9.89. The molecule has 1 amide bonds. The van der Waals surface area contributed by atoms with Crippen LogP contribution < -0.4 is 4.90 Å². The van der Waals surface area contributed by atoms with Gasteiger partial charge in [0.15, 0.2) is 0 Å². The molecule has 4 heterocycles. The van der Waals surface area contributed by atoms with Gasteiger partial charge in [0.1, 0.15) is 0 Å². The number of imidazole rings is 1. The Kier molecular flexibility index (Phi) is 4.44. The van der Waals surface area contributed by atoms with Crippen molar-refractivity contribution in [3.63, 3.8) is 0 Å². The van der Waals surface area contributed by atoms with Crippen molar-refractivity contribution in [2.75, 3.05) is 37.7 Å². The zero-order valence-electron chi connectivity index (χ0n) is 14.5. The molecule has 25 heavy (non-hydrogen) atoms. The predicted octanol–water partition coefficient (Wildman–Crippen LogP) is 0.960. The summed E-state index contributed by atoms with van der Waals surface area (Å²) in [5.74, 6) is 1.04. The van der Waals surface area contributed by atoms with Gasteiger partial charge in [-0.1, -0.05) is 0 Å². The minimum atomic E-state index is -0.187. The summed E-state index contributed by atoms with van der Waals surface area (Å²) in [5, 5.41) is 6.83. The molecule has 0 radical (unpaired) electrons. The number of aryl methyl sites for hydroxylation is 1. The molecule has 0 spiro atoms. The number of aromatic amines is 1. The van der Waals surface area contributed by atoms with E-state index in [2.05, 4.69) is 20.1 Å². The van der Waals surface area contributed by atoms with Crippen LogP contribution in [0.4, 0.5) is 5.95 Å². The Morgan fingerprint density at radius 3 is 2.84 bits per heavy atom. The van der Waals surface area contributed by atoms with Crippen LogP contribution in [0.25, 0.3) is 0 Å². The van der Waals surface area contributed by atoms with Crippen molar-refractivity contribution in [1.82, 2.24) is 24.6 Å². The van der Waals surface area contributed by atoms with Gasteiger partial charge in [-0.3, -0.25) is 9.89 Å². The molecule has 2 fully saturated rings. The summed E-state index contributed by atoms with van der Waals surface area (Å²) in [7, 11) is 1.99. The van der Waals surface area contributed by atoms with Gasteiger partial charge >= 0.3 is 0 Å². The number of aromatic nitrogens is 4. The Morgan fingerprint density at radius 1 is 1.32 bits per heavy atom. The van der Waals surface area contributed by atoms with Crippen molar-refractivity contribution in [2.24, 2.45) is 13.0 Å². The maximum atomic E-state index is 13.1. The predicted molar refractivity (Wildman–Crippen MR) is 92.0 cm³/mol. The molecule has 2 saturated heterocycles. The van der Waals surface area contributed by atoms with Crippen LogP contribution in [0, 0.1) is 5.92 Å². The lowest BCUT2D eigenvalue weighted by molar-refractivity contribution is -0.145. The van der Waals surface area contributed by atoms with Gasteiger partial charge in [0.2, 0.25) is 11.9 Å². The van der Waals surface area contributed by atoms with Crippen molar-refractivity contribution in [2.45, 2.75) is 18.9 Å². The molecule has 2 aliphatic rings. The van der Waals surface area contributed by atoms with Crippen LogP contribution in [-0.2, 0) is 16.6 Å². The van der Waals surface area contributed by atoms with E-state index in [1.165, 1.54) is 0 Å². The number of piperazine rings is 1. The van der Waals surface area contributed by atoms with Gasteiger partial charge in [-0.05, 0) is 12.8 Å². The van der Waals surface area contributed by atoms with E-state index in [0.717, 1.165) is 50.5 Å². The SMILES string of the molecule is Cn1ccnc1N1CCN(C(=O)[C@@H]2CCCO[C@H]2c2cn[nH]c2)CC1. The zero-order valence-corrected chi connectivity index (χ0v) is 14.5. The summed E-state index contributed by atoms with van der Waals surface area (Å²) in [4.78, 5) is 21.7. The van der Waals surface area contributed by atoms with Gasteiger partial charge in [-0.2, -0.15) is 5.10 Å². The highest BCUT2D eigenvalue weighted by Gasteiger charge is 2.37. The zero-order chi connectivity index (χ0) is 17.2. The quantitative estimate of drug-likeness (QED) is 0.897. The molecule has 8 nitrogen and oxygen atoms in total. The van der Waals surface area contributed by atoms with Gasteiger partial charge < -0.3 is 19.1 Å². The average Bonchev–Trinajstić information content (AvgIpc) is 3.33. The molecule has 0 unspecified atom stereocenters. The Balaban J connectivity index is 1.42. The Bertz CT molecular complexity index is 705. The normalized spacial score (nSPS) is 24.5. The fourth-order valence-corrected chi connectivity index (χ4v) is 3.80. The third-order valence-corrected chi connectivity index (χ3v) is 5.16. The third kappa shape index (κ3) is 3.13. The van der Waals surface area contributed by atoms with E-state index in [0.29, 0.717) is 6.61 Å². The fourth-order valence-electron chi connectivity index (χ4n) is 3.80. The summed E-state index contributed by atoms with van der Waals surface area (Å²) in [6.45, 7) is 3.76. The largest absolute Gasteiger partial charge is 0.373 e. The van der Waals surface area contributed by atoms with Crippen LogP contribution in [0.5, 0.6) is 0 Å². The van der Waals surface area contributed by atoms with Gasteiger partial charge in [-0.25, -0.2) is 4.98 Å². The number of ether oxygens (including phenoxy) is 1. The molecule has 2 aromatic rings. The standard InChI is InChI=1S/C17H24N6O2/c1-21-5-4-18-17(21)23-8-6-22(7-9-23)16(24)14-3-2-10-25-15(14)13-11-19-20-12-13/h4-5,11-12,14-15H,2-3,6-10H2,1H3,(H,19,20)/t14-,15+/m1/s1. The molecule has 0 aromatic carbocycles. The number of anilines is 1.